The zero-order valence-electron chi connectivity index (χ0n) is 9.25. The molecule has 1 aromatic heterocycles. The molecule has 0 aliphatic heterocycles. The van der Waals surface area contributed by atoms with Crippen molar-refractivity contribution in [1.29, 1.82) is 0 Å². The smallest absolute Gasteiger partial charge is 0.313 e. The molecule has 88 valence electrons. The van der Waals surface area contributed by atoms with E-state index in [-0.39, 0.29) is 5.97 Å². The number of esters is 1. The van der Waals surface area contributed by atoms with E-state index in [1.165, 1.54) is 0 Å². The lowest BCUT2D eigenvalue weighted by atomic mass is 10.1. The SMILES string of the molecule is CCOC(=O)C(C)c1c(Br)nc(C)nc1Br. The van der Waals surface area contributed by atoms with Crippen molar-refractivity contribution in [2.75, 3.05) is 6.61 Å². The van der Waals surface area contributed by atoms with Gasteiger partial charge in [0.25, 0.3) is 0 Å². The van der Waals surface area contributed by atoms with Crippen molar-refractivity contribution in [2.45, 2.75) is 26.7 Å². The molecule has 0 bridgehead atoms. The first kappa shape index (κ1) is 13.6. The molecule has 0 aliphatic carbocycles. The second kappa shape index (κ2) is 5.72. The summed E-state index contributed by atoms with van der Waals surface area (Å²) in [7, 11) is 0. The van der Waals surface area contributed by atoms with E-state index in [1.54, 1.807) is 20.8 Å². The van der Waals surface area contributed by atoms with Crippen molar-refractivity contribution in [3.05, 3.63) is 20.6 Å². The van der Waals surface area contributed by atoms with Crippen LogP contribution in [-0.4, -0.2) is 22.5 Å². The molecule has 0 amide bonds. The predicted molar refractivity (Wildman–Crippen MR) is 67.2 cm³/mol. The summed E-state index contributed by atoms with van der Waals surface area (Å²) in [5, 5.41) is 0. The first-order valence-corrected chi connectivity index (χ1v) is 6.42. The molecule has 6 heteroatoms. The molecule has 0 radical (unpaired) electrons. The second-order valence-electron chi connectivity index (χ2n) is 3.24. The molecule has 0 saturated heterocycles. The van der Waals surface area contributed by atoms with Crippen LogP contribution in [-0.2, 0) is 9.53 Å². The van der Waals surface area contributed by atoms with Crippen molar-refractivity contribution in [3.8, 4) is 0 Å². The number of aromatic nitrogens is 2. The van der Waals surface area contributed by atoms with Crippen molar-refractivity contribution in [1.82, 2.24) is 9.97 Å². The van der Waals surface area contributed by atoms with Crippen molar-refractivity contribution in [3.63, 3.8) is 0 Å². The molecule has 0 aromatic carbocycles. The zero-order valence-corrected chi connectivity index (χ0v) is 12.4. The Morgan fingerprint density at radius 2 is 1.88 bits per heavy atom. The summed E-state index contributed by atoms with van der Waals surface area (Å²) in [4.78, 5) is 19.9. The van der Waals surface area contributed by atoms with E-state index >= 15 is 0 Å². The van der Waals surface area contributed by atoms with Gasteiger partial charge in [-0.05, 0) is 52.6 Å². The highest BCUT2D eigenvalue weighted by Gasteiger charge is 2.23. The van der Waals surface area contributed by atoms with Crippen LogP contribution >= 0.6 is 31.9 Å². The number of hydrogen-bond acceptors (Lipinski definition) is 4. The normalized spacial score (nSPS) is 12.3. The van der Waals surface area contributed by atoms with Crippen LogP contribution < -0.4 is 0 Å². The van der Waals surface area contributed by atoms with E-state index in [1.807, 2.05) is 0 Å². The predicted octanol–water partition coefficient (Wildman–Crippen LogP) is 2.98. The van der Waals surface area contributed by atoms with Gasteiger partial charge in [0.2, 0.25) is 0 Å². The Balaban J connectivity index is 3.08. The van der Waals surface area contributed by atoms with E-state index in [0.29, 0.717) is 27.2 Å². The molecular weight excluding hydrogens is 340 g/mol. The molecule has 0 saturated carbocycles. The number of halogens is 2. The number of carbonyl (C=O) groups excluding carboxylic acids is 1. The summed E-state index contributed by atoms with van der Waals surface area (Å²) in [6.45, 7) is 5.70. The molecule has 0 fully saturated rings. The first-order chi connectivity index (χ1) is 7.47. The Bertz CT molecular complexity index is 387. The fraction of sp³-hybridized carbons (Fsp3) is 0.500. The topological polar surface area (TPSA) is 52.1 Å². The number of hydrogen-bond donors (Lipinski definition) is 0. The van der Waals surface area contributed by atoms with Gasteiger partial charge in [-0.2, -0.15) is 0 Å². The standard InChI is InChI=1S/C10H12Br2N2O2/c1-4-16-10(15)5(2)7-8(11)13-6(3)14-9(7)12/h5H,4H2,1-3H3. The van der Waals surface area contributed by atoms with Crippen LogP contribution in [0.5, 0.6) is 0 Å². The molecule has 4 nitrogen and oxygen atoms in total. The lowest BCUT2D eigenvalue weighted by Crippen LogP contribution is -2.15. The van der Waals surface area contributed by atoms with E-state index in [9.17, 15) is 4.79 Å². The average molecular weight is 352 g/mol. The van der Waals surface area contributed by atoms with Gasteiger partial charge in [0, 0.05) is 5.56 Å². The molecule has 1 rings (SSSR count). The fourth-order valence-corrected chi connectivity index (χ4v) is 3.10. The maximum absolute atomic E-state index is 11.6. The summed E-state index contributed by atoms with van der Waals surface area (Å²) in [5.74, 6) is -0.0424. The van der Waals surface area contributed by atoms with E-state index < -0.39 is 5.92 Å². The third kappa shape index (κ3) is 3.01. The van der Waals surface area contributed by atoms with Gasteiger partial charge in [-0.15, -0.1) is 0 Å². The highest BCUT2D eigenvalue weighted by atomic mass is 79.9. The number of nitrogens with zero attached hydrogens (tertiary/aromatic N) is 2. The number of carbonyl (C=O) groups is 1. The van der Waals surface area contributed by atoms with Gasteiger partial charge in [0.05, 0.1) is 12.5 Å². The largest absolute Gasteiger partial charge is 0.466 e. The van der Waals surface area contributed by atoms with Gasteiger partial charge in [-0.1, -0.05) is 0 Å². The summed E-state index contributed by atoms with van der Waals surface area (Å²) in [6, 6.07) is 0. The molecule has 1 atom stereocenters. The van der Waals surface area contributed by atoms with Gasteiger partial charge < -0.3 is 4.74 Å². The minimum absolute atomic E-state index is 0.281. The van der Waals surface area contributed by atoms with E-state index in [2.05, 4.69) is 41.8 Å². The quantitative estimate of drug-likeness (QED) is 0.620. The third-order valence-corrected chi connectivity index (χ3v) is 3.25. The monoisotopic (exact) mass is 350 g/mol. The Labute approximate surface area is 111 Å². The third-order valence-electron chi connectivity index (χ3n) is 2.04. The molecule has 0 aliphatic rings. The van der Waals surface area contributed by atoms with Crippen LogP contribution in [0.3, 0.4) is 0 Å². The summed E-state index contributed by atoms with van der Waals surface area (Å²) in [5.41, 5.74) is 0.712. The molecule has 0 N–H and O–H groups in total. The zero-order chi connectivity index (χ0) is 12.3. The maximum Gasteiger partial charge on any atom is 0.313 e. The van der Waals surface area contributed by atoms with Crippen molar-refractivity contribution in [2.24, 2.45) is 0 Å². The maximum atomic E-state index is 11.6. The summed E-state index contributed by atoms with van der Waals surface area (Å²) in [6.07, 6.45) is 0. The van der Waals surface area contributed by atoms with Gasteiger partial charge in [0.15, 0.2) is 0 Å². The minimum atomic E-state index is -0.399. The van der Waals surface area contributed by atoms with Gasteiger partial charge in [-0.3, -0.25) is 4.79 Å². The molecular formula is C10H12Br2N2O2. The number of ether oxygens (including phenoxy) is 1. The van der Waals surface area contributed by atoms with E-state index in [0.717, 1.165) is 0 Å². The lowest BCUT2D eigenvalue weighted by molar-refractivity contribution is -0.144. The minimum Gasteiger partial charge on any atom is -0.466 e. The molecule has 0 spiro atoms. The molecule has 1 heterocycles. The van der Waals surface area contributed by atoms with Crippen molar-refractivity contribution < 1.29 is 9.53 Å². The van der Waals surface area contributed by atoms with E-state index in [4.69, 9.17) is 4.74 Å². The Kier molecular flexibility index (Phi) is 4.86. The summed E-state index contributed by atoms with van der Waals surface area (Å²) >= 11 is 6.66. The number of aryl methyl sites for hydroxylation is 1. The Morgan fingerprint density at radius 1 is 1.38 bits per heavy atom. The summed E-state index contributed by atoms with van der Waals surface area (Å²) < 4.78 is 6.20. The second-order valence-corrected chi connectivity index (χ2v) is 4.74. The Hall–Kier alpha value is -0.490. The lowest BCUT2D eigenvalue weighted by Gasteiger charge is -2.13. The van der Waals surface area contributed by atoms with Gasteiger partial charge >= 0.3 is 5.97 Å². The van der Waals surface area contributed by atoms with Crippen molar-refractivity contribution >= 4 is 37.8 Å². The van der Waals surface area contributed by atoms with Crippen LogP contribution in [0.1, 0.15) is 31.2 Å². The Morgan fingerprint density at radius 3 is 2.31 bits per heavy atom. The highest BCUT2D eigenvalue weighted by molar-refractivity contribution is 9.11. The highest BCUT2D eigenvalue weighted by Crippen LogP contribution is 2.30. The fourth-order valence-electron chi connectivity index (χ4n) is 1.26. The van der Waals surface area contributed by atoms with Crippen LogP contribution in [0.25, 0.3) is 0 Å². The average Bonchev–Trinajstić information content (AvgIpc) is 2.16. The van der Waals surface area contributed by atoms with Crippen LogP contribution in [0.4, 0.5) is 0 Å². The van der Waals surface area contributed by atoms with Gasteiger partial charge in [-0.25, -0.2) is 9.97 Å². The number of rotatable bonds is 3. The first-order valence-electron chi connectivity index (χ1n) is 4.83. The van der Waals surface area contributed by atoms with Crippen LogP contribution in [0, 0.1) is 6.92 Å². The van der Waals surface area contributed by atoms with Crippen LogP contribution in [0.2, 0.25) is 0 Å². The molecule has 1 aromatic rings. The molecule has 16 heavy (non-hydrogen) atoms. The van der Waals surface area contributed by atoms with Crippen LogP contribution in [0.15, 0.2) is 9.21 Å². The van der Waals surface area contributed by atoms with Gasteiger partial charge in [0.1, 0.15) is 15.0 Å². The molecule has 1 unspecified atom stereocenters.